The van der Waals surface area contributed by atoms with E-state index in [1.807, 2.05) is 0 Å². The molecule has 1 fully saturated rings. The molecule has 18 heavy (non-hydrogen) atoms. The minimum Gasteiger partial charge on any atom is -0.393 e. The number of carbonyl (C=O) groups is 1. The lowest BCUT2D eigenvalue weighted by atomic mass is 9.93. The van der Waals surface area contributed by atoms with Crippen molar-refractivity contribution in [2.75, 3.05) is 0 Å². The summed E-state index contributed by atoms with van der Waals surface area (Å²) >= 11 is 9.22. The molecule has 98 valence electrons. The highest BCUT2D eigenvalue weighted by Gasteiger charge is 2.22. The number of hydrogen-bond donors (Lipinski definition) is 2. The Morgan fingerprint density at radius 2 is 2.17 bits per heavy atom. The summed E-state index contributed by atoms with van der Waals surface area (Å²) < 4.78 is 0.781. The lowest BCUT2D eigenvalue weighted by Crippen LogP contribution is -2.39. The van der Waals surface area contributed by atoms with E-state index in [-0.39, 0.29) is 18.1 Å². The van der Waals surface area contributed by atoms with Gasteiger partial charge in [-0.3, -0.25) is 4.79 Å². The van der Waals surface area contributed by atoms with Gasteiger partial charge in [-0.1, -0.05) is 27.5 Å². The number of benzene rings is 1. The number of nitrogens with one attached hydrogen (secondary N) is 1. The van der Waals surface area contributed by atoms with Gasteiger partial charge in [-0.2, -0.15) is 0 Å². The van der Waals surface area contributed by atoms with E-state index in [0.29, 0.717) is 17.0 Å². The molecular formula is C13H15BrClNO2. The molecule has 2 N–H and O–H groups in total. The van der Waals surface area contributed by atoms with Gasteiger partial charge in [0, 0.05) is 21.1 Å². The average molecular weight is 333 g/mol. The van der Waals surface area contributed by atoms with Crippen LogP contribution in [0.2, 0.25) is 5.02 Å². The van der Waals surface area contributed by atoms with Crippen molar-refractivity contribution in [1.29, 1.82) is 0 Å². The zero-order valence-corrected chi connectivity index (χ0v) is 12.2. The summed E-state index contributed by atoms with van der Waals surface area (Å²) in [5, 5.41) is 13.0. The first-order valence-corrected chi connectivity index (χ1v) is 7.16. The third-order valence-electron chi connectivity index (χ3n) is 3.11. The van der Waals surface area contributed by atoms with Gasteiger partial charge >= 0.3 is 0 Å². The molecule has 5 heteroatoms. The highest BCUT2D eigenvalue weighted by Crippen LogP contribution is 2.21. The van der Waals surface area contributed by atoms with Gasteiger partial charge in [0.25, 0.3) is 5.91 Å². The van der Waals surface area contributed by atoms with Crippen molar-refractivity contribution in [2.24, 2.45) is 0 Å². The number of hydrogen-bond acceptors (Lipinski definition) is 2. The van der Waals surface area contributed by atoms with Crippen LogP contribution in [-0.4, -0.2) is 23.2 Å². The van der Waals surface area contributed by atoms with Crippen LogP contribution in [0.4, 0.5) is 0 Å². The molecule has 1 amide bonds. The van der Waals surface area contributed by atoms with Crippen LogP contribution in [0.1, 0.15) is 36.0 Å². The second-order valence-corrected chi connectivity index (χ2v) is 6.00. The van der Waals surface area contributed by atoms with E-state index in [0.717, 1.165) is 23.7 Å². The molecule has 1 aliphatic carbocycles. The van der Waals surface area contributed by atoms with E-state index in [1.165, 1.54) is 0 Å². The fraction of sp³-hybridized carbons (Fsp3) is 0.462. The molecule has 2 rings (SSSR count). The standard InChI is InChI=1S/C13H15BrClNO2/c14-9-4-8(5-10(15)6-9)13(18)16-11-2-1-3-12(17)7-11/h4-6,11-12,17H,1-3,7H2,(H,16,18). The summed E-state index contributed by atoms with van der Waals surface area (Å²) in [6.07, 6.45) is 3.04. The van der Waals surface area contributed by atoms with Crippen LogP contribution < -0.4 is 5.32 Å². The fourth-order valence-electron chi connectivity index (χ4n) is 2.25. The second kappa shape index (κ2) is 6.04. The largest absolute Gasteiger partial charge is 0.393 e. The highest BCUT2D eigenvalue weighted by atomic mass is 79.9. The molecule has 0 bridgehead atoms. The van der Waals surface area contributed by atoms with Crippen LogP contribution in [0.3, 0.4) is 0 Å². The van der Waals surface area contributed by atoms with Gasteiger partial charge in [-0.05, 0) is 43.9 Å². The van der Waals surface area contributed by atoms with Crippen LogP contribution in [0, 0.1) is 0 Å². The van der Waals surface area contributed by atoms with E-state index in [9.17, 15) is 9.90 Å². The summed E-state index contributed by atoms with van der Waals surface area (Å²) in [6, 6.07) is 5.17. The van der Waals surface area contributed by atoms with Crippen molar-refractivity contribution in [3.8, 4) is 0 Å². The minimum atomic E-state index is -0.296. The summed E-state index contributed by atoms with van der Waals surface area (Å²) in [4.78, 5) is 12.1. The summed E-state index contributed by atoms with van der Waals surface area (Å²) in [6.45, 7) is 0. The van der Waals surface area contributed by atoms with Crippen LogP contribution in [0.5, 0.6) is 0 Å². The Kier molecular flexibility index (Phi) is 4.65. The molecular weight excluding hydrogens is 318 g/mol. The van der Waals surface area contributed by atoms with E-state index < -0.39 is 0 Å². The summed E-state index contributed by atoms with van der Waals surface area (Å²) in [5.41, 5.74) is 0.537. The zero-order valence-electron chi connectivity index (χ0n) is 9.83. The lowest BCUT2D eigenvalue weighted by molar-refractivity contribution is 0.0850. The van der Waals surface area contributed by atoms with Gasteiger partial charge in [0.2, 0.25) is 0 Å². The molecule has 0 aromatic heterocycles. The van der Waals surface area contributed by atoms with E-state index in [4.69, 9.17) is 11.6 Å². The number of aliphatic hydroxyl groups is 1. The number of carbonyl (C=O) groups excluding carboxylic acids is 1. The van der Waals surface area contributed by atoms with E-state index in [1.54, 1.807) is 18.2 Å². The first kappa shape index (κ1) is 13.8. The molecule has 0 spiro atoms. The van der Waals surface area contributed by atoms with Crippen molar-refractivity contribution in [2.45, 2.75) is 37.8 Å². The average Bonchev–Trinajstić information content (AvgIpc) is 2.27. The van der Waals surface area contributed by atoms with Gasteiger partial charge in [-0.25, -0.2) is 0 Å². The summed E-state index contributed by atoms with van der Waals surface area (Å²) in [5.74, 6) is -0.141. The monoisotopic (exact) mass is 331 g/mol. The number of halogens is 2. The highest BCUT2D eigenvalue weighted by molar-refractivity contribution is 9.10. The Balaban J connectivity index is 2.02. The first-order valence-electron chi connectivity index (χ1n) is 5.99. The molecule has 1 aromatic carbocycles. The predicted molar refractivity (Wildman–Crippen MR) is 74.9 cm³/mol. The van der Waals surface area contributed by atoms with Gasteiger partial charge in [0.15, 0.2) is 0 Å². The quantitative estimate of drug-likeness (QED) is 0.874. The third-order valence-corrected chi connectivity index (χ3v) is 3.78. The van der Waals surface area contributed by atoms with Gasteiger partial charge in [0.05, 0.1) is 6.10 Å². The van der Waals surface area contributed by atoms with Crippen LogP contribution in [0.25, 0.3) is 0 Å². The topological polar surface area (TPSA) is 49.3 Å². The van der Waals surface area contributed by atoms with Crippen molar-refractivity contribution in [1.82, 2.24) is 5.32 Å². The summed E-state index contributed by atoms with van der Waals surface area (Å²) in [7, 11) is 0. The molecule has 1 aromatic rings. The SMILES string of the molecule is O=C(NC1CCCC(O)C1)c1cc(Cl)cc(Br)c1. The first-order chi connectivity index (χ1) is 8.54. The maximum atomic E-state index is 12.1. The number of rotatable bonds is 2. The van der Waals surface area contributed by atoms with Gasteiger partial charge in [-0.15, -0.1) is 0 Å². The maximum Gasteiger partial charge on any atom is 0.251 e. The van der Waals surface area contributed by atoms with Crippen LogP contribution in [-0.2, 0) is 0 Å². The molecule has 1 saturated carbocycles. The minimum absolute atomic E-state index is 0.0546. The maximum absolute atomic E-state index is 12.1. The Bertz CT molecular complexity index is 432. The molecule has 1 aliphatic rings. The van der Waals surface area contributed by atoms with Crippen LogP contribution >= 0.6 is 27.5 Å². The Morgan fingerprint density at radius 3 is 2.83 bits per heavy atom. The second-order valence-electron chi connectivity index (χ2n) is 4.65. The Hall–Kier alpha value is -0.580. The van der Waals surface area contributed by atoms with Crippen molar-refractivity contribution in [3.05, 3.63) is 33.3 Å². The number of aliphatic hydroxyl groups excluding tert-OH is 1. The molecule has 2 unspecified atom stereocenters. The smallest absolute Gasteiger partial charge is 0.251 e. The molecule has 3 nitrogen and oxygen atoms in total. The molecule has 0 aliphatic heterocycles. The molecule has 0 heterocycles. The van der Waals surface area contributed by atoms with Crippen molar-refractivity contribution >= 4 is 33.4 Å². The Morgan fingerprint density at radius 1 is 1.39 bits per heavy atom. The zero-order chi connectivity index (χ0) is 13.1. The fourth-order valence-corrected chi connectivity index (χ4v) is 3.11. The van der Waals surface area contributed by atoms with Crippen molar-refractivity contribution in [3.63, 3.8) is 0 Å². The third kappa shape index (κ3) is 3.70. The lowest BCUT2D eigenvalue weighted by Gasteiger charge is -2.26. The van der Waals surface area contributed by atoms with Gasteiger partial charge < -0.3 is 10.4 Å². The van der Waals surface area contributed by atoms with Crippen LogP contribution in [0.15, 0.2) is 22.7 Å². The molecule has 0 saturated heterocycles. The van der Waals surface area contributed by atoms with E-state index >= 15 is 0 Å². The Labute approximate surface area is 120 Å². The molecule has 0 radical (unpaired) electrons. The van der Waals surface area contributed by atoms with Crippen molar-refractivity contribution < 1.29 is 9.90 Å². The normalized spacial score (nSPS) is 23.7. The molecule has 2 atom stereocenters. The number of amides is 1. The van der Waals surface area contributed by atoms with Gasteiger partial charge in [0.1, 0.15) is 0 Å². The predicted octanol–water partition coefficient (Wildman–Crippen LogP) is 3.14. The van der Waals surface area contributed by atoms with E-state index in [2.05, 4.69) is 21.2 Å².